The molecule has 2 aromatic carbocycles. The molecule has 0 heterocycles. The van der Waals surface area contributed by atoms with Crippen LogP contribution in [0.4, 0.5) is 5.69 Å². The van der Waals surface area contributed by atoms with Crippen LogP contribution >= 0.6 is 15.9 Å². The molecule has 0 aromatic heterocycles. The second kappa shape index (κ2) is 5.89. The fourth-order valence-corrected chi connectivity index (χ4v) is 2.14. The highest BCUT2D eigenvalue weighted by Gasteiger charge is 2.10. The quantitative estimate of drug-likeness (QED) is 0.928. The second-order valence-corrected chi connectivity index (χ2v) is 5.08. The van der Waals surface area contributed by atoms with Crippen molar-refractivity contribution in [3.63, 3.8) is 0 Å². The van der Waals surface area contributed by atoms with E-state index in [4.69, 9.17) is 4.74 Å². The number of nitrogens with one attached hydrogen (secondary N) is 1. The zero-order valence-electron chi connectivity index (χ0n) is 10.7. The van der Waals surface area contributed by atoms with E-state index in [1.54, 1.807) is 19.2 Å². The molecule has 0 fully saturated rings. The summed E-state index contributed by atoms with van der Waals surface area (Å²) < 4.78 is 6.11. The van der Waals surface area contributed by atoms with Gasteiger partial charge in [-0.25, -0.2) is 0 Å². The van der Waals surface area contributed by atoms with Crippen molar-refractivity contribution >= 4 is 27.5 Å². The summed E-state index contributed by atoms with van der Waals surface area (Å²) in [5.74, 6) is 0.485. The molecular weight excluding hydrogens is 306 g/mol. The number of ether oxygens (including phenoxy) is 1. The first kappa shape index (κ1) is 13.6. The number of carbonyl (C=O) groups is 1. The third-order valence-corrected chi connectivity index (χ3v) is 3.18. The molecule has 0 aliphatic carbocycles. The smallest absolute Gasteiger partial charge is 0.255 e. The van der Waals surface area contributed by atoms with E-state index in [0.29, 0.717) is 17.0 Å². The number of hydrogen-bond donors (Lipinski definition) is 1. The van der Waals surface area contributed by atoms with Crippen molar-refractivity contribution in [2.24, 2.45) is 0 Å². The van der Waals surface area contributed by atoms with Gasteiger partial charge in [0.05, 0.1) is 12.8 Å². The lowest BCUT2D eigenvalue weighted by molar-refractivity contribution is 0.102. The van der Waals surface area contributed by atoms with Crippen LogP contribution in [0, 0.1) is 6.92 Å². The van der Waals surface area contributed by atoms with Crippen molar-refractivity contribution in [3.05, 3.63) is 58.1 Å². The number of carbonyl (C=O) groups excluding carboxylic acids is 1. The summed E-state index contributed by atoms with van der Waals surface area (Å²) in [4.78, 5) is 12.2. The first-order chi connectivity index (χ1) is 9.10. The van der Waals surface area contributed by atoms with E-state index in [0.717, 1.165) is 10.0 Å². The topological polar surface area (TPSA) is 38.3 Å². The molecule has 3 nitrogen and oxygen atoms in total. The van der Waals surface area contributed by atoms with Crippen LogP contribution in [0.2, 0.25) is 0 Å². The third kappa shape index (κ3) is 3.35. The summed E-state index contributed by atoms with van der Waals surface area (Å²) in [6, 6.07) is 12.9. The predicted octanol–water partition coefficient (Wildman–Crippen LogP) is 4.02. The van der Waals surface area contributed by atoms with Crippen molar-refractivity contribution < 1.29 is 9.53 Å². The summed E-state index contributed by atoms with van der Waals surface area (Å²) in [5.41, 5.74) is 2.33. The van der Waals surface area contributed by atoms with Gasteiger partial charge in [0, 0.05) is 10.0 Å². The van der Waals surface area contributed by atoms with E-state index in [9.17, 15) is 4.79 Å². The molecule has 0 aliphatic rings. The Morgan fingerprint density at radius 3 is 2.68 bits per heavy atom. The molecule has 0 unspecified atom stereocenters. The standard InChI is InChI=1S/C15H14BrNO2/c1-10-6-7-14(19-2)13(8-10)17-15(18)11-4-3-5-12(16)9-11/h3-9H,1-2H3,(H,17,18). The number of anilines is 1. The van der Waals surface area contributed by atoms with E-state index in [1.807, 2.05) is 37.3 Å². The Morgan fingerprint density at radius 1 is 1.21 bits per heavy atom. The molecule has 0 bridgehead atoms. The molecule has 98 valence electrons. The van der Waals surface area contributed by atoms with Crippen molar-refractivity contribution in [1.82, 2.24) is 0 Å². The van der Waals surface area contributed by atoms with Crippen LogP contribution in [0.3, 0.4) is 0 Å². The lowest BCUT2D eigenvalue weighted by Gasteiger charge is -2.11. The zero-order chi connectivity index (χ0) is 13.8. The lowest BCUT2D eigenvalue weighted by Crippen LogP contribution is -2.12. The van der Waals surface area contributed by atoms with Gasteiger partial charge < -0.3 is 10.1 Å². The van der Waals surface area contributed by atoms with Crippen LogP contribution in [-0.2, 0) is 0 Å². The van der Waals surface area contributed by atoms with Crippen LogP contribution in [-0.4, -0.2) is 13.0 Å². The average Bonchev–Trinajstić information content (AvgIpc) is 2.39. The number of aryl methyl sites for hydroxylation is 1. The van der Waals surface area contributed by atoms with Gasteiger partial charge in [-0.2, -0.15) is 0 Å². The predicted molar refractivity (Wildman–Crippen MR) is 79.8 cm³/mol. The minimum absolute atomic E-state index is 0.162. The van der Waals surface area contributed by atoms with Crippen molar-refractivity contribution in [2.75, 3.05) is 12.4 Å². The Labute approximate surface area is 120 Å². The molecule has 0 aliphatic heterocycles. The average molecular weight is 320 g/mol. The van der Waals surface area contributed by atoms with E-state index in [2.05, 4.69) is 21.2 Å². The molecule has 0 saturated carbocycles. The SMILES string of the molecule is COc1ccc(C)cc1NC(=O)c1cccc(Br)c1. The molecule has 0 saturated heterocycles. The molecule has 1 amide bonds. The summed E-state index contributed by atoms with van der Waals surface area (Å²) in [7, 11) is 1.58. The van der Waals surface area contributed by atoms with Crippen LogP contribution in [0.5, 0.6) is 5.75 Å². The zero-order valence-corrected chi connectivity index (χ0v) is 12.3. The summed E-state index contributed by atoms with van der Waals surface area (Å²) in [6.07, 6.45) is 0. The van der Waals surface area contributed by atoms with Crippen molar-refractivity contribution in [1.29, 1.82) is 0 Å². The molecule has 19 heavy (non-hydrogen) atoms. The second-order valence-electron chi connectivity index (χ2n) is 4.17. The first-order valence-electron chi connectivity index (χ1n) is 5.81. The van der Waals surface area contributed by atoms with Gasteiger partial charge in [0.25, 0.3) is 5.91 Å². The normalized spacial score (nSPS) is 10.1. The molecular formula is C15H14BrNO2. The number of rotatable bonds is 3. The van der Waals surface area contributed by atoms with Crippen LogP contribution < -0.4 is 10.1 Å². The molecule has 0 spiro atoms. The van der Waals surface area contributed by atoms with Gasteiger partial charge in [-0.1, -0.05) is 28.1 Å². The summed E-state index contributed by atoms with van der Waals surface area (Å²) in [6.45, 7) is 1.97. The van der Waals surface area contributed by atoms with E-state index < -0.39 is 0 Å². The van der Waals surface area contributed by atoms with Gasteiger partial charge in [-0.05, 0) is 42.8 Å². The third-order valence-electron chi connectivity index (χ3n) is 2.69. The number of hydrogen-bond acceptors (Lipinski definition) is 2. The Kier molecular flexibility index (Phi) is 4.22. The Morgan fingerprint density at radius 2 is 2.00 bits per heavy atom. The maximum Gasteiger partial charge on any atom is 0.255 e. The fourth-order valence-electron chi connectivity index (χ4n) is 1.74. The van der Waals surface area contributed by atoms with Gasteiger partial charge in [-0.15, -0.1) is 0 Å². The Balaban J connectivity index is 2.26. The summed E-state index contributed by atoms with van der Waals surface area (Å²) in [5, 5.41) is 2.86. The van der Waals surface area contributed by atoms with E-state index in [-0.39, 0.29) is 5.91 Å². The highest BCUT2D eigenvalue weighted by molar-refractivity contribution is 9.10. The van der Waals surface area contributed by atoms with Gasteiger partial charge in [0.1, 0.15) is 5.75 Å². The van der Waals surface area contributed by atoms with Crippen LogP contribution in [0.1, 0.15) is 15.9 Å². The minimum Gasteiger partial charge on any atom is -0.495 e. The number of benzene rings is 2. The number of halogens is 1. The lowest BCUT2D eigenvalue weighted by atomic mass is 10.1. The number of methoxy groups -OCH3 is 1. The molecule has 0 radical (unpaired) electrons. The van der Waals surface area contributed by atoms with Crippen LogP contribution in [0.15, 0.2) is 46.9 Å². The van der Waals surface area contributed by atoms with Gasteiger partial charge in [0.15, 0.2) is 0 Å². The van der Waals surface area contributed by atoms with Gasteiger partial charge >= 0.3 is 0 Å². The molecule has 0 atom stereocenters. The maximum atomic E-state index is 12.2. The number of amides is 1. The van der Waals surface area contributed by atoms with Crippen molar-refractivity contribution in [2.45, 2.75) is 6.92 Å². The van der Waals surface area contributed by atoms with E-state index >= 15 is 0 Å². The van der Waals surface area contributed by atoms with E-state index in [1.165, 1.54) is 0 Å². The monoisotopic (exact) mass is 319 g/mol. The van der Waals surface area contributed by atoms with Gasteiger partial charge in [0.2, 0.25) is 0 Å². The fraction of sp³-hybridized carbons (Fsp3) is 0.133. The van der Waals surface area contributed by atoms with Crippen molar-refractivity contribution in [3.8, 4) is 5.75 Å². The molecule has 4 heteroatoms. The molecule has 2 aromatic rings. The summed E-state index contributed by atoms with van der Waals surface area (Å²) >= 11 is 3.35. The van der Waals surface area contributed by atoms with Crippen LogP contribution in [0.25, 0.3) is 0 Å². The maximum absolute atomic E-state index is 12.2. The largest absolute Gasteiger partial charge is 0.495 e. The molecule has 2 rings (SSSR count). The highest BCUT2D eigenvalue weighted by Crippen LogP contribution is 2.26. The Bertz CT molecular complexity index is 611. The Hall–Kier alpha value is -1.81. The highest BCUT2D eigenvalue weighted by atomic mass is 79.9. The molecule has 1 N–H and O–H groups in total. The van der Waals surface area contributed by atoms with Gasteiger partial charge in [-0.3, -0.25) is 4.79 Å². The first-order valence-corrected chi connectivity index (χ1v) is 6.61. The minimum atomic E-state index is -0.162.